The summed E-state index contributed by atoms with van der Waals surface area (Å²) in [5, 5.41) is 4.17. The minimum atomic E-state index is -0.459. The second-order valence-electron chi connectivity index (χ2n) is 7.01. The molecule has 2 heterocycles. The second kappa shape index (κ2) is 7.94. The SMILES string of the molecule is C[C@@H](Oc1cc(-c2cnn(C)c2)cnc1N)c1ccc(F)cc1-c1ccc(F)cc1. The van der Waals surface area contributed by atoms with Gasteiger partial charge >= 0.3 is 0 Å². The summed E-state index contributed by atoms with van der Waals surface area (Å²) in [6.45, 7) is 1.84. The van der Waals surface area contributed by atoms with Gasteiger partial charge in [0.15, 0.2) is 11.6 Å². The first-order valence-electron chi connectivity index (χ1n) is 9.37. The van der Waals surface area contributed by atoms with E-state index in [1.807, 2.05) is 20.2 Å². The fourth-order valence-electron chi connectivity index (χ4n) is 3.29. The summed E-state index contributed by atoms with van der Waals surface area (Å²) in [7, 11) is 1.83. The van der Waals surface area contributed by atoms with E-state index in [0.717, 1.165) is 16.7 Å². The first-order valence-corrected chi connectivity index (χ1v) is 9.37. The normalized spacial score (nSPS) is 12.0. The number of nitrogens with zero attached hydrogens (tertiary/aromatic N) is 3. The summed E-state index contributed by atoms with van der Waals surface area (Å²) < 4.78 is 35.1. The van der Waals surface area contributed by atoms with E-state index >= 15 is 0 Å². The lowest BCUT2D eigenvalue weighted by Gasteiger charge is -2.20. The molecule has 4 aromatic rings. The van der Waals surface area contributed by atoms with Crippen molar-refractivity contribution >= 4 is 5.82 Å². The van der Waals surface area contributed by atoms with Crippen LogP contribution in [-0.2, 0) is 7.05 Å². The Bertz CT molecular complexity index is 1190. The van der Waals surface area contributed by atoms with Crippen molar-refractivity contribution in [2.45, 2.75) is 13.0 Å². The molecule has 2 aromatic carbocycles. The summed E-state index contributed by atoms with van der Waals surface area (Å²) in [5.74, 6) is -0.0738. The molecule has 5 nitrogen and oxygen atoms in total. The van der Waals surface area contributed by atoms with Crippen molar-refractivity contribution in [2.75, 3.05) is 5.73 Å². The van der Waals surface area contributed by atoms with Crippen LogP contribution in [0.3, 0.4) is 0 Å². The van der Waals surface area contributed by atoms with E-state index in [9.17, 15) is 8.78 Å². The third-order valence-electron chi connectivity index (χ3n) is 4.83. The number of anilines is 1. The average molecular weight is 406 g/mol. The first-order chi connectivity index (χ1) is 14.4. The highest BCUT2D eigenvalue weighted by Crippen LogP contribution is 2.34. The van der Waals surface area contributed by atoms with Gasteiger partial charge in [-0.1, -0.05) is 18.2 Å². The van der Waals surface area contributed by atoms with Crippen LogP contribution in [0.25, 0.3) is 22.3 Å². The molecule has 0 bridgehead atoms. The quantitative estimate of drug-likeness (QED) is 0.498. The molecule has 30 heavy (non-hydrogen) atoms. The van der Waals surface area contributed by atoms with Gasteiger partial charge in [0.2, 0.25) is 0 Å². The predicted octanol–water partition coefficient (Wildman–Crippen LogP) is 5.15. The lowest BCUT2D eigenvalue weighted by molar-refractivity contribution is 0.228. The Hall–Kier alpha value is -3.74. The number of rotatable bonds is 5. The lowest BCUT2D eigenvalue weighted by Crippen LogP contribution is -2.08. The van der Waals surface area contributed by atoms with Crippen molar-refractivity contribution in [1.29, 1.82) is 0 Å². The number of pyridine rings is 1. The highest BCUT2D eigenvalue weighted by Gasteiger charge is 2.17. The maximum absolute atomic E-state index is 14.0. The summed E-state index contributed by atoms with van der Waals surface area (Å²) in [4.78, 5) is 4.23. The second-order valence-corrected chi connectivity index (χ2v) is 7.01. The Morgan fingerprint density at radius 3 is 2.37 bits per heavy atom. The largest absolute Gasteiger partial charge is 0.482 e. The van der Waals surface area contributed by atoms with Crippen molar-refractivity contribution in [3.63, 3.8) is 0 Å². The van der Waals surface area contributed by atoms with E-state index < -0.39 is 6.10 Å². The standard InChI is InChI=1S/C23H20F2N4O/c1-14(20-8-7-19(25)10-21(20)15-3-5-18(24)6-4-15)30-22-9-16(11-27-23(22)26)17-12-28-29(2)13-17/h3-14H,1-2H3,(H2,26,27)/t14-/m1/s1. The maximum atomic E-state index is 14.0. The zero-order chi connectivity index (χ0) is 21.3. The third kappa shape index (κ3) is 4.00. The molecule has 0 radical (unpaired) electrons. The van der Waals surface area contributed by atoms with Crippen molar-refractivity contribution in [3.05, 3.63) is 84.3 Å². The zero-order valence-corrected chi connectivity index (χ0v) is 16.5. The molecule has 0 aliphatic rings. The molecule has 0 amide bonds. The smallest absolute Gasteiger partial charge is 0.166 e. The van der Waals surface area contributed by atoms with Crippen molar-refractivity contribution in [1.82, 2.24) is 14.8 Å². The molecule has 0 saturated carbocycles. The van der Waals surface area contributed by atoms with Crippen LogP contribution >= 0.6 is 0 Å². The van der Waals surface area contributed by atoms with Crippen LogP contribution in [0.5, 0.6) is 5.75 Å². The van der Waals surface area contributed by atoms with E-state index in [4.69, 9.17) is 10.5 Å². The average Bonchev–Trinajstić information content (AvgIpc) is 3.16. The Labute approximate surface area is 172 Å². The van der Waals surface area contributed by atoms with Gasteiger partial charge in [0.1, 0.15) is 17.7 Å². The van der Waals surface area contributed by atoms with Crippen molar-refractivity contribution in [2.24, 2.45) is 7.05 Å². The molecule has 0 unspecified atom stereocenters. The monoisotopic (exact) mass is 406 g/mol. The predicted molar refractivity (Wildman–Crippen MR) is 112 cm³/mol. The molecule has 1 atom stereocenters. The number of benzene rings is 2. The van der Waals surface area contributed by atoms with E-state index in [-0.39, 0.29) is 17.5 Å². The van der Waals surface area contributed by atoms with E-state index in [1.54, 1.807) is 41.3 Å². The van der Waals surface area contributed by atoms with Gasteiger partial charge in [-0.25, -0.2) is 13.8 Å². The minimum absolute atomic E-state index is 0.250. The third-order valence-corrected chi connectivity index (χ3v) is 4.83. The molecule has 0 aliphatic carbocycles. The minimum Gasteiger partial charge on any atom is -0.482 e. The van der Waals surface area contributed by atoms with Gasteiger partial charge in [0.05, 0.1) is 6.20 Å². The lowest BCUT2D eigenvalue weighted by atomic mass is 9.96. The number of aromatic nitrogens is 3. The van der Waals surface area contributed by atoms with Crippen LogP contribution in [0.1, 0.15) is 18.6 Å². The summed E-state index contributed by atoms with van der Waals surface area (Å²) in [6.07, 6.45) is 4.80. The topological polar surface area (TPSA) is 66.0 Å². The molecule has 152 valence electrons. The van der Waals surface area contributed by atoms with Gasteiger partial charge in [-0.05, 0) is 48.4 Å². The van der Waals surface area contributed by atoms with Crippen LogP contribution < -0.4 is 10.5 Å². The number of nitrogen functional groups attached to an aromatic ring is 1. The van der Waals surface area contributed by atoms with Gasteiger partial charge in [-0.3, -0.25) is 4.68 Å². The van der Waals surface area contributed by atoms with Crippen LogP contribution in [0.4, 0.5) is 14.6 Å². The Balaban J connectivity index is 1.68. The Kier molecular flexibility index (Phi) is 5.18. The van der Waals surface area contributed by atoms with Gasteiger partial charge in [-0.2, -0.15) is 5.10 Å². The molecule has 2 aromatic heterocycles. The van der Waals surface area contributed by atoms with Gasteiger partial charge in [0, 0.05) is 36.1 Å². The highest BCUT2D eigenvalue weighted by atomic mass is 19.1. The maximum Gasteiger partial charge on any atom is 0.166 e. The summed E-state index contributed by atoms with van der Waals surface area (Å²) in [5.41, 5.74) is 9.79. The number of halogens is 2. The van der Waals surface area contributed by atoms with E-state index in [1.165, 1.54) is 24.3 Å². The molecule has 0 fully saturated rings. The van der Waals surface area contributed by atoms with Crippen LogP contribution in [0.2, 0.25) is 0 Å². The number of aryl methyl sites for hydroxylation is 1. The molecular formula is C23H20F2N4O. The molecule has 0 spiro atoms. The fraction of sp³-hybridized carbons (Fsp3) is 0.130. The molecule has 0 aliphatic heterocycles. The molecular weight excluding hydrogens is 386 g/mol. The molecule has 0 saturated heterocycles. The molecule has 2 N–H and O–H groups in total. The fourth-order valence-corrected chi connectivity index (χ4v) is 3.29. The Morgan fingerprint density at radius 1 is 0.933 bits per heavy atom. The first kappa shape index (κ1) is 19.6. The zero-order valence-electron chi connectivity index (χ0n) is 16.5. The van der Waals surface area contributed by atoms with Gasteiger partial charge in [-0.15, -0.1) is 0 Å². The number of ether oxygens (including phenoxy) is 1. The summed E-state index contributed by atoms with van der Waals surface area (Å²) >= 11 is 0. The van der Waals surface area contributed by atoms with Crippen LogP contribution in [-0.4, -0.2) is 14.8 Å². The number of hydrogen-bond acceptors (Lipinski definition) is 4. The van der Waals surface area contributed by atoms with Crippen LogP contribution in [0, 0.1) is 11.6 Å². The van der Waals surface area contributed by atoms with Crippen LogP contribution in [0.15, 0.2) is 67.1 Å². The van der Waals surface area contributed by atoms with E-state index in [2.05, 4.69) is 10.1 Å². The van der Waals surface area contributed by atoms with Gasteiger partial charge in [0.25, 0.3) is 0 Å². The Morgan fingerprint density at radius 2 is 1.67 bits per heavy atom. The molecule has 7 heteroatoms. The summed E-state index contributed by atoms with van der Waals surface area (Å²) in [6, 6.07) is 12.2. The molecule has 4 rings (SSSR count). The van der Waals surface area contributed by atoms with Crippen molar-refractivity contribution < 1.29 is 13.5 Å². The van der Waals surface area contributed by atoms with Crippen molar-refractivity contribution in [3.8, 4) is 28.0 Å². The number of hydrogen-bond donors (Lipinski definition) is 1. The van der Waals surface area contributed by atoms with E-state index in [0.29, 0.717) is 16.9 Å². The van der Waals surface area contributed by atoms with Gasteiger partial charge < -0.3 is 10.5 Å². The highest BCUT2D eigenvalue weighted by molar-refractivity contribution is 5.69. The number of nitrogens with two attached hydrogens (primary N) is 1.